The molecule has 0 saturated carbocycles. The minimum absolute atomic E-state index is 0.0166. The largest absolute Gasteiger partial charge is 0.496 e. The zero-order valence-corrected chi connectivity index (χ0v) is 22.6. The van der Waals surface area contributed by atoms with Gasteiger partial charge in [-0.2, -0.15) is 5.10 Å². The minimum atomic E-state index is -0.0946. The van der Waals surface area contributed by atoms with E-state index in [1.54, 1.807) is 23.9 Å². The van der Waals surface area contributed by atoms with Crippen LogP contribution in [0.15, 0.2) is 60.8 Å². The number of aryl methyl sites for hydroxylation is 2. The zero-order valence-electron chi connectivity index (χ0n) is 22.6. The molecule has 0 aliphatic rings. The molecule has 2 aromatic carbocycles. The van der Waals surface area contributed by atoms with E-state index in [1.165, 1.54) is 0 Å². The van der Waals surface area contributed by atoms with Crippen LogP contribution in [0.4, 0.5) is 0 Å². The number of fused-ring (bicyclic) bond motifs is 1. The third-order valence-corrected chi connectivity index (χ3v) is 5.50. The van der Waals surface area contributed by atoms with Crippen molar-refractivity contribution in [2.45, 2.75) is 54.9 Å². The minimum Gasteiger partial charge on any atom is -0.496 e. The number of ketones is 2. The van der Waals surface area contributed by atoms with Crippen molar-refractivity contribution in [2.24, 2.45) is 5.92 Å². The summed E-state index contributed by atoms with van der Waals surface area (Å²) in [6, 6.07) is 17.3. The van der Waals surface area contributed by atoms with E-state index in [4.69, 9.17) is 4.74 Å². The lowest BCUT2D eigenvalue weighted by Gasteiger charge is -2.09. The maximum absolute atomic E-state index is 12.2. The van der Waals surface area contributed by atoms with Crippen LogP contribution < -0.4 is 4.74 Å². The van der Waals surface area contributed by atoms with Crippen molar-refractivity contribution in [1.29, 1.82) is 0 Å². The normalized spacial score (nSPS) is 10.2. The summed E-state index contributed by atoms with van der Waals surface area (Å²) in [5.74, 6) is 0.956. The summed E-state index contributed by atoms with van der Waals surface area (Å²) in [6.07, 6.45) is 2.31. The van der Waals surface area contributed by atoms with Crippen molar-refractivity contribution < 1.29 is 14.3 Å². The van der Waals surface area contributed by atoms with Crippen molar-refractivity contribution in [3.63, 3.8) is 0 Å². The van der Waals surface area contributed by atoms with E-state index in [1.807, 2.05) is 97.0 Å². The average molecular weight is 488 g/mol. The van der Waals surface area contributed by atoms with Gasteiger partial charge < -0.3 is 4.74 Å². The Hall–Kier alpha value is -3.80. The van der Waals surface area contributed by atoms with E-state index in [-0.39, 0.29) is 17.5 Å². The first kappa shape index (κ1) is 28.4. The Morgan fingerprint density at radius 1 is 1.00 bits per heavy atom. The van der Waals surface area contributed by atoms with Crippen molar-refractivity contribution >= 4 is 17.2 Å². The molecule has 0 amide bonds. The summed E-state index contributed by atoms with van der Waals surface area (Å²) in [7, 11) is 1.65. The molecule has 0 saturated heterocycles. The van der Waals surface area contributed by atoms with Crippen molar-refractivity contribution in [3.05, 3.63) is 83.2 Å². The Morgan fingerprint density at radius 2 is 1.72 bits per heavy atom. The van der Waals surface area contributed by atoms with Crippen LogP contribution in [0.1, 0.15) is 73.0 Å². The number of carbonyl (C=O) groups excluding carboxylic acids is 2. The molecule has 6 nitrogen and oxygen atoms in total. The lowest BCUT2D eigenvalue weighted by molar-refractivity contribution is 0.0933. The van der Waals surface area contributed by atoms with E-state index in [2.05, 4.69) is 10.1 Å². The second-order valence-corrected chi connectivity index (χ2v) is 8.48. The fourth-order valence-electron chi connectivity index (χ4n) is 3.53. The fraction of sp³-hybridized carbons (Fsp3) is 0.333. The Bertz CT molecular complexity index is 1320. The number of methoxy groups -OCH3 is 1. The molecule has 2 heterocycles. The summed E-state index contributed by atoms with van der Waals surface area (Å²) >= 11 is 0. The maximum Gasteiger partial charge on any atom is 0.185 e. The molecule has 0 unspecified atom stereocenters. The van der Waals surface area contributed by atoms with Crippen LogP contribution in [0.25, 0.3) is 16.9 Å². The molecule has 0 atom stereocenters. The van der Waals surface area contributed by atoms with Gasteiger partial charge >= 0.3 is 0 Å². The number of Topliss-reactive ketones (excluding diaryl/α,β-unsaturated/α-hetero) is 2. The number of rotatable bonds is 6. The van der Waals surface area contributed by atoms with E-state index >= 15 is 0 Å². The molecule has 36 heavy (non-hydrogen) atoms. The van der Waals surface area contributed by atoms with Gasteiger partial charge in [0.1, 0.15) is 11.4 Å². The predicted molar refractivity (Wildman–Crippen MR) is 146 cm³/mol. The molecule has 0 radical (unpaired) electrons. The van der Waals surface area contributed by atoms with Gasteiger partial charge in [0.2, 0.25) is 0 Å². The highest BCUT2D eigenvalue weighted by molar-refractivity contribution is 5.96. The molecule has 0 aliphatic carbocycles. The first-order valence-electron chi connectivity index (χ1n) is 12.4. The van der Waals surface area contributed by atoms with Crippen LogP contribution in [0.5, 0.6) is 5.75 Å². The molecule has 2 aromatic heterocycles. The van der Waals surface area contributed by atoms with E-state index in [0.29, 0.717) is 17.8 Å². The van der Waals surface area contributed by atoms with Crippen LogP contribution in [0.2, 0.25) is 0 Å². The van der Waals surface area contributed by atoms with Crippen molar-refractivity contribution in [1.82, 2.24) is 14.6 Å². The van der Waals surface area contributed by atoms with Gasteiger partial charge in [-0.3, -0.25) is 9.59 Å². The molecule has 0 N–H and O–H groups in total. The lowest BCUT2D eigenvalue weighted by atomic mass is 10.1. The number of hydrogen-bond donors (Lipinski definition) is 0. The van der Waals surface area contributed by atoms with E-state index < -0.39 is 0 Å². The third kappa shape index (κ3) is 6.87. The van der Waals surface area contributed by atoms with Gasteiger partial charge in [0.15, 0.2) is 17.2 Å². The second-order valence-electron chi connectivity index (χ2n) is 8.48. The lowest BCUT2D eigenvalue weighted by Crippen LogP contribution is -2.08. The monoisotopic (exact) mass is 487 g/mol. The van der Waals surface area contributed by atoms with Gasteiger partial charge in [-0.05, 0) is 37.6 Å². The van der Waals surface area contributed by atoms with Crippen LogP contribution in [-0.2, 0) is 0 Å². The third-order valence-electron chi connectivity index (χ3n) is 5.50. The van der Waals surface area contributed by atoms with Crippen LogP contribution in [0, 0.1) is 19.8 Å². The van der Waals surface area contributed by atoms with Gasteiger partial charge in [-0.1, -0.05) is 70.5 Å². The predicted octanol–water partition coefficient (Wildman–Crippen LogP) is 7.17. The SMILES string of the molecule is CC.CCC(=O)c1cccc(C)c1.COc1cc(-c2ccnc3cc(C(=O)C(C)C)nn23)ccc1C. The molecule has 190 valence electrons. The number of ether oxygens (including phenoxy) is 1. The van der Waals surface area contributed by atoms with E-state index in [0.717, 1.165) is 33.7 Å². The summed E-state index contributed by atoms with van der Waals surface area (Å²) in [5.41, 5.74) is 5.97. The second kappa shape index (κ2) is 13.3. The van der Waals surface area contributed by atoms with Crippen molar-refractivity contribution in [2.75, 3.05) is 7.11 Å². The smallest absolute Gasteiger partial charge is 0.185 e. The maximum atomic E-state index is 12.2. The quantitative estimate of drug-likeness (QED) is 0.270. The first-order valence-corrected chi connectivity index (χ1v) is 12.4. The molecule has 0 fully saturated rings. The number of benzene rings is 2. The fourth-order valence-corrected chi connectivity index (χ4v) is 3.53. The van der Waals surface area contributed by atoms with Gasteiger partial charge in [0, 0.05) is 35.7 Å². The number of nitrogens with zero attached hydrogens (tertiary/aromatic N) is 3. The Morgan fingerprint density at radius 3 is 2.33 bits per heavy atom. The topological polar surface area (TPSA) is 73.6 Å². The Balaban J connectivity index is 0.000000295. The number of carbonyl (C=O) groups is 2. The molecule has 6 heteroatoms. The molecule has 0 aliphatic heterocycles. The first-order chi connectivity index (χ1) is 17.2. The van der Waals surface area contributed by atoms with E-state index in [9.17, 15) is 9.59 Å². The van der Waals surface area contributed by atoms with Gasteiger partial charge in [-0.15, -0.1) is 0 Å². The standard InChI is InChI=1S/C18H19N3O2.C10H12O.C2H6/c1-11(2)18(22)14-10-17-19-8-7-15(21(17)20-14)13-6-5-12(3)16(9-13)23-4;1-3-10(11)9-6-4-5-8(2)7-9;1-2/h5-11H,1-4H3;4-7H,3H2,1-2H3;1-2H3. The van der Waals surface area contributed by atoms with Gasteiger partial charge in [-0.25, -0.2) is 9.50 Å². The van der Waals surface area contributed by atoms with Gasteiger partial charge in [0.05, 0.1) is 12.8 Å². The van der Waals surface area contributed by atoms with Crippen LogP contribution >= 0.6 is 0 Å². The molecular weight excluding hydrogens is 450 g/mol. The number of hydrogen-bond acceptors (Lipinski definition) is 5. The van der Waals surface area contributed by atoms with Gasteiger partial charge in [0.25, 0.3) is 0 Å². The zero-order chi connectivity index (χ0) is 26.8. The highest BCUT2D eigenvalue weighted by Gasteiger charge is 2.17. The molecule has 4 aromatic rings. The van der Waals surface area contributed by atoms with Crippen LogP contribution in [0.3, 0.4) is 0 Å². The average Bonchev–Trinajstić information content (AvgIpc) is 3.34. The summed E-state index contributed by atoms with van der Waals surface area (Å²) in [4.78, 5) is 27.7. The highest BCUT2D eigenvalue weighted by atomic mass is 16.5. The number of aromatic nitrogens is 3. The summed E-state index contributed by atoms with van der Waals surface area (Å²) < 4.78 is 7.10. The highest BCUT2D eigenvalue weighted by Crippen LogP contribution is 2.27. The molecule has 0 bridgehead atoms. The Kier molecular flexibility index (Phi) is 10.5. The Labute approximate surface area is 214 Å². The molecular formula is C30H37N3O3. The molecule has 0 spiro atoms. The van der Waals surface area contributed by atoms with Crippen LogP contribution in [-0.4, -0.2) is 33.3 Å². The summed E-state index contributed by atoms with van der Waals surface area (Å²) in [5, 5.41) is 4.45. The summed E-state index contributed by atoms with van der Waals surface area (Å²) in [6.45, 7) is 13.6. The van der Waals surface area contributed by atoms with Crippen molar-refractivity contribution in [3.8, 4) is 17.0 Å². The molecule has 4 rings (SSSR count).